The van der Waals surface area contributed by atoms with Gasteiger partial charge in [-0.1, -0.05) is 13.3 Å². The van der Waals surface area contributed by atoms with E-state index in [0.717, 1.165) is 12.8 Å². The van der Waals surface area contributed by atoms with Crippen LogP contribution in [0.15, 0.2) is 0 Å². The Hall–Kier alpha value is -0.810. The van der Waals surface area contributed by atoms with Crippen LogP contribution in [0.1, 0.15) is 47.0 Å². The third kappa shape index (κ3) is 4.94. The summed E-state index contributed by atoms with van der Waals surface area (Å²) in [6.45, 7) is 8.84. The Morgan fingerprint density at radius 3 is 2.65 bits per heavy atom. The number of carbonyl (C=O) groups excluding carboxylic acids is 2. The molecule has 118 valence electrons. The molecular formula is C14H28ClN3O2. The molecule has 1 rings (SSSR count). The summed E-state index contributed by atoms with van der Waals surface area (Å²) in [5, 5.41) is 2.92. The number of hydrogen-bond donors (Lipinski definition) is 2. The number of nitrogens with one attached hydrogen (secondary N) is 1. The Balaban J connectivity index is 0.00000361. The zero-order valence-corrected chi connectivity index (χ0v) is 13.8. The molecule has 0 aliphatic carbocycles. The molecule has 2 unspecified atom stereocenters. The van der Waals surface area contributed by atoms with Crippen LogP contribution in [0.4, 0.5) is 0 Å². The predicted octanol–water partition coefficient (Wildman–Crippen LogP) is 1.30. The summed E-state index contributed by atoms with van der Waals surface area (Å²) >= 11 is 0. The Morgan fingerprint density at radius 2 is 2.15 bits per heavy atom. The topological polar surface area (TPSA) is 75.4 Å². The minimum Gasteiger partial charge on any atom is -0.350 e. The second-order valence-corrected chi connectivity index (χ2v) is 6.16. The van der Waals surface area contributed by atoms with Gasteiger partial charge in [0.15, 0.2) is 0 Å². The molecule has 0 bridgehead atoms. The zero-order chi connectivity index (χ0) is 14.6. The van der Waals surface area contributed by atoms with Gasteiger partial charge in [-0.25, -0.2) is 0 Å². The molecule has 3 N–H and O–H groups in total. The average Bonchev–Trinajstić information content (AvgIpc) is 2.71. The van der Waals surface area contributed by atoms with Crippen molar-refractivity contribution in [3.8, 4) is 0 Å². The number of amides is 2. The maximum absolute atomic E-state index is 12.1. The van der Waals surface area contributed by atoms with E-state index in [1.165, 1.54) is 0 Å². The lowest BCUT2D eigenvalue weighted by Crippen LogP contribution is -2.51. The van der Waals surface area contributed by atoms with Crippen molar-refractivity contribution >= 4 is 24.2 Å². The first-order valence-corrected chi connectivity index (χ1v) is 7.12. The molecule has 0 aromatic rings. The highest BCUT2D eigenvalue weighted by Crippen LogP contribution is 2.22. The van der Waals surface area contributed by atoms with Crippen molar-refractivity contribution in [3.63, 3.8) is 0 Å². The molecule has 0 aromatic carbocycles. The summed E-state index contributed by atoms with van der Waals surface area (Å²) < 4.78 is 0. The molecule has 6 heteroatoms. The SMILES string of the molecule is CCCC(C)N1CC(C(=O)NC(C)(C)CN)CC1=O.Cl. The largest absolute Gasteiger partial charge is 0.350 e. The van der Waals surface area contributed by atoms with Crippen LogP contribution >= 0.6 is 12.4 Å². The maximum atomic E-state index is 12.1. The highest BCUT2D eigenvalue weighted by atomic mass is 35.5. The summed E-state index contributed by atoms with van der Waals surface area (Å²) in [4.78, 5) is 25.9. The second kappa shape index (κ2) is 7.84. The molecule has 0 saturated carbocycles. The van der Waals surface area contributed by atoms with Crippen LogP contribution in [0.3, 0.4) is 0 Å². The number of likely N-dealkylation sites (tertiary alicyclic amines) is 1. The summed E-state index contributed by atoms with van der Waals surface area (Å²) in [5.74, 6) is -0.209. The molecular weight excluding hydrogens is 278 g/mol. The molecule has 5 nitrogen and oxygen atoms in total. The van der Waals surface area contributed by atoms with Gasteiger partial charge in [-0.05, 0) is 27.2 Å². The van der Waals surface area contributed by atoms with Crippen LogP contribution in [0.2, 0.25) is 0 Å². The van der Waals surface area contributed by atoms with E-state index in [-0.39, 0.29) is 36.2 Å². The van der Waals surface area contributed by atoms with Gasteiger partial charge in [-0.15, -0.1) is 12.4 Å². The summed E-state index contributed by atoms with van der Waals surface area (Å²) in [5.41, 5.74) is 5.19. The summed E-state index contributed by atoms with van der Waals surface area (Å²) in [6, 6.07) is 0.220. The van der Waals surface area contributed by atoms with Crippen molar-refractivity contribution < 1.29 is 9.59 Å². The number of hydrogen-bond acceptors (Lipinski definition) is 3. The van der Waals surface area contributed by atoms with Gasteiger partial charge in [0.2, 0.25) is 11.8 Å². The first-order valence-electron chi connectivity index (χ1n) is 7.12. The number of nitrogens with two attached hydrogens (primary N) is 1. The summed E-state index contributed by atoms with van der Waals surface area (Å²) in [6.07, 6.45) is 2.34. The third-order valence-corrected chi connectivity index (χ3v) is 3.74. The molecule has 1 fully saturated rings. The lowest BCUT2D eigenvalue weighted by Gasteiger charge is -2.27. The van der Waals surface area contributed by atoms with E-state index in [9.17, 15) is 9.59 Å². The molecule has 1 aliphatic rings. The first-order chi connectivity index (χ1) is 8.80. The second-order valence-electron chi connectivity index (χ2n) is 6.16. The van der Waals surface area contributed by atoms with E-state index >= 15 is 0 Å². The Labute approximate surface area is 128 Å². The highest BCUT2D eigenvalue weighted by molar-refractivity contribution is 5.89. The van der Waals surface area contributed by atoms with Gasteiger partial charge in [0, 0.05) is 31.1 Å². The predicted molar refractivity (Wildman–Crippen MR) is 82.7 cm³/mol. The van der Waals surface area contributed by atoms with Gasteiger partial charge in [-0.3, -0.25) is 9.59 Å². The van der Waals surface area contributed by atoms with Crippen molar-refractivity contribution in [2.24, 2.45) is 11.7 Å². The van der Waals surface area contributed by atoms with Gasteiger partial charge in [0.05, 0.1) is 5.92 Å². The Bertz CT molecular complexity index is 347. The molecule has 0 aromatic heterocycles. The Kier molecular flexibility index (Phi) is 7.52. The molecule has 20 heavy (non-hydrogen) atoms. The van der Waals surface area contributed by atoms with E-state index in [2.05, 4.69) is 12.2 Å². The van der Waals surface area contributed by atoms with Crippen LogP contribution in [-0.2, 0) is 9.59 Å². The van der Waals surface area contributed by atoms with E-state index < -0.39 is 5.54 Å². The van der Waals surface area contributed by atoms with Crippen LogP contribution in [0.25, 0.3) is 0 Å². The minimum atomic E-state index is -0.414. The van der Waals surface area contributed by atoms with E-state index in [4.69, 9.17) is 5.73 Å². The molecule has 0 spiro atoms. The monoisotopic (exact) mass is 305 g/mol. The van der Waals surface area contributed by atoms with Crippen molar-refractivity contribution in [1.82, 2.24) is 10.2 Å². The van der Waals surface area contributed by atoms with Crippen LogP contribution in [-0.4, -0.2) is 41.4 Å². The van der Waals surface area contributed by atoms with Gasteiger partial charge in [0.25, 0.3) is 0 Å². The number of halogens is 1. The lowest BCUT2D eigenvalue weighted by molar-refractivity contribution is -0.130. The van der Waals surface area contributed by atoms with Crippen molar-refractivity contribution in [2.45, 2.75) is 58.5 Å². The van der Waals surface area contributed by atoms with Crippen molar-refractivity contribution in [2.75, 3.05) is 13.1 Å². The van der Waals surface area contributed by atoms with E-state index in [1.807, 2.05) is 25.7 Å². The lowest BCUT2D eigenvalue weighted by atomic mass is 10.0. The van der Waals surface area contributed by atoms with E-state index in [0.29, 0.717) is 19.5 Å². The fraction of sp³-hybridized carbons (Fsp3) is 0.857. The first kappa shape index (κ1) is 19.2. The molecule has 1 aliphatic heterocycles. The number of nitrogens with zero attached hydrogens (tertiary/aromatic N) is 1. The van der Waals surface area contributed by atoms with Gasteiger partial charge in [-0.2, -0.15) is 0 Å². The molecule has 1 saturated heterocycles. The highest BCUT2D eigenvalue weighted by Gasteiger charge is 2.37. The quantitative estimate of drug-likeness (QED) is 0.776. The van der Waals surface area contributed by atoms with Crippen LogP contribution in [0.5, 0.6) is 0 Å². The van der Waals surface area contributed by atoms with Crippen molar-refractivity contribution in [3.05, 3.63) is 0 Å². The smallest absolute Gasteiger partial charge is 0.225 e. The van der Waals surface area contributed by atoms with Crippen LogP contribution in [0, 0.1) is 5.92 Å². The average molecular weight is 306 g/mol. The third-order valence-electron chi connectivity index (χ3n) is 3.74. The van der Waals surface area contributed by atoms with Gasteiger partial charge >= 0.3 is 0 Å². The van der Waals surface area contributed by atoms with Gasteiger partial charge < -0.3 is 16.0 Å². The van der Waals surface area contributed by atoms with Crippen LogP contribution < -0.4 is 11.1 Å². The van der Waals surface area contributed by atoms with E-state index in [1.54, 1.807) is 0 Å². The normalized spacial score (nSPS) is 20.6. The maximum Gasteiger partial charge on any atom is 0.225 e. The number of rotatable bonds is 6. The van der Waals surface area contributed by atoms with Gasteiger partial charge in [0.1, 0.15) is 0 Å². The standard InChI is InChI=1S/C14H27N3O2.ClH/c1-5-6-10(2)17-8-11(7-12(17)18)13(19)16-14(3,4)9-15;/h10-11H,5-9,15H2,1-4H3,(H,16,19);1H. The zero-order valence-electron chi connectivity index (χ0n) is 12.9. The Morgan fingerprint density at radius 1 is 1.55 bits per heavy atom. The fourth-order valence-corrected chi connectivity index (χ4v) is 2.39. The summed E-state index contributed by atoms with van der Waals surface area (Å²) in [7, 11) is 0. The molecule has 2 atom stereocenters. The molecule has 0 radical (unpaired) electrons. The number of carbonyl (C=O) groups is 2. The minimum absolute atomic E-state index is 0. The molecule has 1 heterocycles. The fourth-order valence-electron chi connectivity index (χ4n) is 2.39. The molecule has 2 amide bonds. The van der Waals surface area contributed by atoms with Crippen molar-refractivity contribution in [1.29, 1.82) is 0 Å².